The van der Waals surface area contributed by atoms with Gasteiger partial charge in [-0.2, -0.15) is 0 Å². The molecule has 1 aromatic carbocycles. The lowest BCUT2D eigenvalue weighted by molar-refractivity contribution is -0.134. The number of hydrogen-bond donors (Lipinski definition) is 1. The van der Waals surface area contributed by atoms with Crippen LogP contribution in [-0.2, 0) is 4.79 Å². The van der Waals surface area contributed by atoms with Crippen LogP contribution < -0.4 is 10.5 Å². The Kier molecular flexibility index (Phi) is 9.54. The molecule has 7 heteroatoms. The molecule has 2 rings (SSSR count). The number of carbonyl (C=O) groups is 1. The van der Waals surface area contributed by atoms with Crippen LogP contribution in [-0.4, -0.2) is 55.0 Å². The van der Waals surface area contributed by atoms with Gasteiger partial charge in [-0.25, -0.2) is 0 Å². The number of halogens is 2. The summed E-state index contributed by atoms with van der Waals surface area (Å²) in [6.07, 6.45) is 0. The molecule has 1 fully saturated rings. The van der Waals surface area contributed by atoms with Crippen LogP contribution in [0.2, 0.25) is 0 Å². The number of nitrogens with zero attached hydrogens (tertiary/aromatic N) is 2. The van der Waals surface area contributed by atoms with Crippen molar-refractivity contribution in [2.75, 3.05) is 33.3 Å². The van der Waals surface area contributed by atoms with E-state index < -0.39 is 6.04 Å². The van der Waals surface area contributed by atoms with Crippen LogP contribution in [0.15, 0.2) is 24.3 Å². The summed E-state index contributed by atoms with van der Waals surface area (Å²) in [5.41, 5.74) is 6.90. The van der Waals surface area contributed by atoms with Gasteiger partial charge in [0.15, 0.2) is 0 Å². The lowest BCUT2D eigenvalue weighted by atomic mass is 10.1. The maximum absolute atomic E-state index is 11.9. The highest BCUT2D eigenvalue weighted by atomic mass is 35.5. The van der Waals surface area contributed by atoms with Crippen molar-refractivity contribution in [3.8, 4) is 5.75 Å². The van der Waals surface area contributed by atoms with Gasteiger partial charge in [0.05, 0.1) is 13.2 Å². The molecular weight excluding hydrogens is 337 g/mol. The minimum atomic E-state index is -0.410. The molecule has 1 aliphatic heterocycles. The monoisotopic (exact) mass is 363 g/mol. The van der Waals surface area contributed by atoms with Crippen molar-refractivity contribution in [1.82, 2.24) is 9.80 Å². The van der Waals surface area contributed by atoms with E-state index in [9.17, 15) is 4.79 Å². The van der Waals surface area contributed by atoms with Gasteiger partial charge in [0, 0.05) is 32.2 Å². The molecule has 1 amide bonds. The zero-order chi connectivity index (χ0) is 15.4. The number of rotatable bonds is 4. The van der Waals surface area contributed by atoms with E-state index in [1.165, 1.54) is 5.56 Å². The minimum absolute atomic E-state index is 0. The van der Waals surface area contributed by atoms with Crippen molar-refractivity contribution in [3.63, 3.8) is 0 Å². The Labute approximate surface area is 151 Å². The van der Waals surface area contributed by atoms with Crippen molar-refractivity contribution in [3.05, 3.63) is 29.8 Å². The Hall–Kier alpha value is -1.01. The normalized spacial score (nSPS) is 17.5. The lowest BCUT2D eigenvalue weighted by Gasteiger charge is -2.38. The van der Waals surface area contributed by atoms with Gasteiger partial charge in [-0.15, -0.1) is 24.8 Å². The summed E-state index contributed by atoms with van der Waals surface area (Å²) >= 11 is 0. The second-order valence-corrected chi connectivity index (χ2v) is 5.60. The van der Waals surface area contributed by atoms with Gasteiger partial charge in [0.2, 0.25) is 5.91 Å². The Morgan fingerprint density at radius 1 is 1.17 bits per heavy atom. The smallest absolute Gasteiger partial charge is 0.239 e. The summed E-state index contributed by atoms with van der Waals surface area (Å²) in [5.74, 6) is 0.925. The number of nitrogens with two attached hydrogens (primary N) is 1. The Balaban J connectivity index is 0.00000242. The number of hydrogen-bond acceptors (Lipinski definition) is 4. The second kappa shape index (κ2) is 9.98. The summed E-state index contributed by atoms with van der Waals surface area (Å²) in [5, 5.41) is 0. The number of amides is 1. The van der Waals surface area contributed by atoms with Gasteiger partial charge in [-0.1, -0.05) is 12.1 Å². The standard InChI is InChI=1S/C16H25N3O2.2ClH/c1-12(17)16(20)19-9-7-18(8-10-19)13(2)14-5-4-6-15(11-14)21-3;;/h4-6,11-13H,7-10,17H2,1-3H3;2*1H/t12-,13?;;/m1../s1. The number of ether oxygens (including phenoxy) is 1. The number of piperazine rings is 1. The van der Waals surface area contributed by atoms with Crippen LogP contribution in [0.5, 0.6) is 5.75 Å². The van der Waals surface area contributed by atoms with E-state index in [0.29, 0.717) is 6.04 Å². The Bertz CT molecular complexity index is 492. The van der Waals surface area contributed by atoms with Gasteiger partial charge in [-0.3, -0.25) is 9.69 Å². The topological polar surface area (TPSA) is 58.8 Å². The van der Waals surface area contributed by atoms with Gasteiger partial charge in [0.1, 0.15) is 5.75 Å². The summed E-state index contributed by atoms with van der Waals surface area (Å²) in [7, 11) is 1.68. The van der Waals surface area contributed by atoms with Gasteiger partial charge < -0.3 is 15.4 Å². The first-order valence-corrected chi connectivity index (χ1v) is 7.45. The molecule has 0 aliphatic carbocycles. The van der Waals surface area contributed by atoms with Crippen molar-refractivity contribution < 1.29 is 9.53 Å². The Morgan fingerprint density at radius 2 is 1.78 bits per heavy atom. The molecule has 1 aliphatic rings. The molecule has 1 aromatic rings. The second-order valence-electron chi connectivity index (χ2n) is 5.60. The molecule has 1 heterocycles. The largest absolute Gasteiger partial charge is 0.497 e. The molecule has 1 unspecified atom stereocenters. The van der Waals surface area contributed by atoms with Crippen molar-refractivity contribution in [1.29, 1.82) is 0 Å². The van der Waals surface area contributed by atoms with Crippen LogP contribution in [0, 0.1) is 0 Å². The summed E-state index contributed by atoms with van der Waals surface area (Å²) in [6.45, 7) is 7.17. The highest BCUT2D eigenvalue weighted by Gasteiger charge is 2.26. The van der Waals surface area contributed by atoms with Crippen molar-refractivity contribution in [2.45, 2.75) is 25.9 Å². The van der Waals surface area contributed by atoms with E-state index in [2.05, 4.69) is 24.0 Å². The Morgan fingerprint density at radius 3 is 2.30 bits per heavy atom. The van der Waals surface area contributed by atoms with Gasteiger partial charge in [0.25, 0.3) is 0 Å². The molecule has 5 nitrogen and oxygen atoms in total. The third-order valence-electron chi connectivity index (χ3n) is 4.14. The number of methoxy groups -OCH3 is 1. The van der Waals surface area contributed by atoms with Crippen LogP contribution >= 0.6 is 24.8 Å². The third kappa shape index (κ3) is 5.53. The predicted octanol–water partition coefficient (Wildman–Crippen LogP) is 2.09. The molecule has 0 aromatic heterocycles. The molecule has 0 bridgehead atoms. The van der Waals surface area contributed by atoms with E-state index in [0.717, 1.165) is 31.9 Å². The van der Waals surface area contributed by atoms with E-state index in [-0.39, 0.29) is 30.7 Å². The fraction of sp³-hybridized carbons (Fsp3) is 0.562. The van der Waals surface area contributed by atoms with Gasteiger partial charge >= 0.3 is 0 Å². The zero-order valence-electron chi connectivity index (χ0n) is 13.9. The molecular formula is C16H27Cl2N3O2. The van der Waals surface area contributed by atoms with Gasteiger partial charge in [-0.05, 0) is 31.5 Å². The molecule has 1 saturated heterocycles. The summed E-state index contributed by atoms with van der Waals surface area (Å²) in [4.78, 5) is 16.1. The van der Waals surface area contributed by atoms with Crippen LogP contribution in [0.1, 0.15) is 25.5 Å². The molecule has 0 saturated carbocycles. The first-order chi connectivity index (χ1) is 10.0. The molecule has 2 N–H and O–H groups in total. The van der Waals surface area contributed by atoms with E-state index in [1.54, 1.807) is 14.0 Å². The average Bonchev–Trinajstić information content (AvgIpc) is 2.53. The summed E-state index contributed by atoms with van der Waals surface area (Å²) < 4.78 is 5.28. The predicted molar refractivity (Wildman–Crippen MR) is 97.7 cm³/mol. The minimum Gasteiger partial charge on any atom is -0.497 e. The van der Waals surface area contributed by atoms with Crippen molar-refractivity contribution >= 4 is 30.7 Å². The highest BCUT2D eigenvalue weighted by Crippen LogP contribution is 2.24. The fourth-order valence-corrected chi connectivity index (χ4v) is 2.73. The van der Waals surface area contributed by atoms with E-state index in [4.69, 9.17) is 10.5 Å². The van der Waals surface area contributed by atoms with Crippen LogP contribution in [0.4, 0.5) is 0 Å². The molecule has 0 radical (unpaired) electrons. The zero-order valence-corrected chi connectivity index (χ0v) is 15.5. The molecule has 2 atom stereocenters. The third-order valence-corrected chi connectivity index (χ3v) is 4.14. The first-order valence-electron chi connectivity index (χ1n) is 7.45. The number of benzene rings is 1. The fourth-order valence-electron chi connectivity index (χ4n) is 2.73. The van der Waals surface area contributed by atoms with E-state index >= 15 is 0 Å². The first kappa shape index (κ1) is 22.0. The number of carbonyl (C=O) groups excluding carboxylic acids is 1. The van der Waals surface area contributed by atoms with Crippen molar-refractivity contribution in [2.24, 2.45) is 5.73 Å². The van der Waals surface area contributed by atoms with Crippen LogP contribution in [0.3, 0.4) is 0 Å². The van der Waals surface area contributed by atoms with Crippen LogP contribution in [0.25, 0.3) is 0 Å². The SMILES string of the molecule is COc1cccc(C(C)N2CCN(C(=O)[C@@H](C)N)CC2)c1.Cl.Cl. The highest BCUT2D eigenvalue weighted by molar-refractivity contribution is 5.85. The molecule has 0 spiro atoms. The summed E-state index contributed by atoms with van der Waals surface area (Å²) in [6, 6.07) is 8.06. The van der Waals surface area contributed by atoms with E-state index in [1.807, 2.05) is 17.0 Å². The maximum atomic E-state index is 11.9. The maximum Gasteiger partial charge on any atom is 0.239 e. The lowest BCUT2D eigenvalue weighted by Crippen LogP contribution is -2.52. The average molecular weight is 364 g/mol. The molecule has 23 heavy (non-hydrogen) atoms. The molecule has 132 valence electrons. The quantitative estimate of drug-likeness (QED) is 0.889.